The molecular weight excluding hydrogens is 476 g/mol. The molecule has 7 heteroatoms. The molecule has 1 aromatic heterocycles. The maximum absolute atomic E-state index is 13.8. The molecule has 3 N–H and O–H groups in total. The van der Waals surface area contributed by atoms with Crippen LogP contribution in [0.25, 0.3) is 32.8 Å². The van der Waals surface area contributed by atoms with Gasteiger partial charge in [-0.15, -0.1) is 11.6 Å². The van der Waals surface area contributed by atoms with Crippen LogP contribution in [0.15, 0.2) is 72.8 Å². The second-order valence-electron chi connectivity index (χ2n) is 9.01. The topological polar surface area (TPSA) is 85.8 Å². The fourth-order valence-corrected chi connectivity index (χ4v) is 5.44. The van der Waals surface area contributed by atoms with Crippen molar-refractivity contribution in [1.29, 1.82) is 0 Å². The Morgan fingerprint density at radius 1 is 1.03 bits per heavy atom. The highest BCUT2D eigenvalue weighted by Gasteiger charge is 2.35. The molecule has 6 rings (SSSR count). The van der Waals surface area contributed by atoms with Crippen molar-refractivity contribution in [3.8, 4) is 28.4 Å². The molecule has 5 aromatic rings. The summed E-state index contributed by atoms with van der Waals surface area (Å²) in [5, 5.41) is 22.9. The average molecular weight is 499 g/mol. The van der Waals surface area contributed by atoms with E-state index in [1.807, 2.05) is 54.6 Å². The van der Waals surface area contributed by atoms with Crippen LogP contribution in [-0.4, -0.2) is 40.6 Å². The number of carbonyl (C=O) groups is 1. The van der Waals surface area contributed by atoms with Gasteiger partial charge in [0.25, 0.3) is 5.91 Å². The van der Waals surface area contributed by atoms with Crippen LogP contribution in [0.4, 0.5) is 5.69 Å². The molecule has 36 heavy (non-hydrogen) atoms. The van der Waals surface area contributed by atoms with E-state index in [-0.39, 0.29) is 23.3 Å². The highest BCUT2D eigenvalue weighted by Crippen LogP contribution is 2.47. The molecule has 0 spiro atoms. The molecule has 4 aromatic carbocycles. The zero-order chi connectivity index (χ0) is 25.0. The van der Waals surface area contributed by atoms with Crippen molar-refractivity contribution in [1.82, 2.24) is 4.98 Å². The summed E-state index contributed by atoms with van der Waals surface area (Å²) in [5.74, 6) is 0.554. The number of aromatic amines is 1. The molecule has 1 amide bonds. The van der Waals surface area contributed by atoms with Crippen LogP contribution < -0.4 is 9.64 Å². The maximum atomic E-state index is 13.8. The Morgan fingerprint density at radius 3 is 2.58 bits per heavy atom. The summed E-state index contributed by atoms with van der Waals surface area (Å²) in [4.78, 5) is 18.8. The molecule has 0 saturated heterocycles. The lowest BCUT2D eigenvalue weighted by Gasteiger charge is -2.19. The first-order valence-electron chi connectivity index (χ1n) is 11.6. The third-order valence-corrected chi connectivity index (χ3v) is 7.32. The molecule has 2 heterocycles. The van der Waals surface area contributed by atoms with Gasteiger partial charge in [-0.3, -0.25) is 4.79 Å². The molecule has 1 atom stereocenters. The first-order chi connectivity index (χ1) is 17.5. The van der Waals surface area contributed by atoms with Crippen LogP contribution >= 0.6 is 11.6 Å². The number of nitrogens with one attached hydrogen (secondary N) is 1. The van der Waals surface area contributed by atoms with Crippen molar-refractivity contribution in [3.63, 3.8) is 0 Å². The van der Waals surface area contributed by atoms with Crippen LogP contribution in [0.3, 0.4) is 0 Å². The molecular formula is C29H23ClN2O4. The van der Waals surface area contributed by atoms with Gasteiger partial charge >= 0.3 is 0 Å². The Kier molecular flexibility index (Phi) is 5.27. The maximum Gasteiger partial charge on any atom is 0.274 e. The molecule has 1 aliphatic rings. The van der Waals surface area contributed by atoms with Crippen molar-refractivity contribution >= 4 is 44.9 Å². The molecule has 180 valence electrons. The SMILES string of the molecule is COc1ccc2[nH]c(C(=O)N3CC(CCl)c4c3cc(-c3ccc(O)c(O)c3)c3ccccc43)cc2c1. The number of rotatable bonds is 4. The molecule has 1 aliphatic heterocycles. The van der Waals surface area contributed by atoms with Gasteiger partial charge in [-0.2, -0.15) is 0 Å². The van der Waals surface area contributed by atoms with Gasteiger partial charge in [-0.05, 0) is 69.9 Å². The van der Waals surface area contributed by atoms with E-state index in [2.05, 4.69) is 4.98 Å². The molecule has 0 bridgehead atoms. The van der Waals surface area contributed by atoms with Crippen LogP contribution in [0.1, 0.15) is 22.0 Å². The number of carbonyl (C=O) groups excluding carboxylic acids is 1. The number of aromatic nitrogens is 1. The van der Waals surface area contributed by atoms with Gasteiger partial charge in [0.05, 0.1) is 7.11 Å². The third kappa shape index (κ3) is 3.45. The van der Waals surface area contributed by atoms with Gasteiger partial charge in [0.15, 0.2) is 11.5 Å². The quantitative estimate of drug-likeness (QED) is 0.198. The van der Waals surface area contributed by atoms with E-state index < -0.39 is 0 Å². The Labute approximate surface area is 212 Å². The van der Waals surface area contributed by atoms with Gasteiger partial charge in [0.2, 0.25) is 0 Å². The van der Waals surface area contributed by atoms with Gasteiger partial charge in [0, 0.05) is 34.9 Å². The summed E-state index contributed by atoms with van der Waals surface area (Å²) in [5.41, 5.74) is 4.77. The number of H-pyrrole nitrogens is 1. The van der Waals surface area contributed by atoms with Crippen LogP contribution in [0.5, 0.6) is 17.2 Å². The fraction of sp³-hybridized carbons (Fsp3) is 0.138. The van der Waals surface area contributed by atoms with E-state index in [0.717, 1.165) is 49.8 Å². The van der Waals surface area contributed by atoms with Crippen molar-refractivity contribution in [3.05, 3.63) is 84.1 Å². The molecule has 0 aliphatic carbocycles. The highest BCUT2D eigenvalue weighted by atomic mass is 35.5. The van der Waals surface area contributed by atoms with E-state index in [4.69, 9.17) is 16.3 Å². The highest BCUT2D eigenvalue weighted by molar-refractivity contribution is 6.19. The molecule has 0 saturated carbocycles. The zero-order valence-electron chi connectivity index (χ0n) is 19.5. The van der Waals surface area contributed by atoms with Gasteiger partial charge in [0.1, 0.15) is 11.4 Å². The lowest BCUT2D eigenvalue weighted by Crippen LogP contribution is -2.30. The summed E-state index contributed by atoms with van der Waals surface area (Å²) in [7, 11) is 1.61. The summed E-state index contributed by atoms with van der Waals surface area (Å²) >= 11 is 6.42. The van der Waals surface area contributed by atoms with Crippen LogP contribution in [0, 0.1) is 0 Å². The lowest BCUT2D eigenvalue weighted by molar-refractivity contribution is 0.0984. The predicted molar refractivity (Wildman–Crippen MR) is 143 cm³/mol. The molecule has 0 radical (unpaired) electrons. The van der Waals surface area contributed by atoms with Gasteiger partial charge in [-0.25, -0.2) is 0 Å². The second kappa shape index (κ2) is 8.50. The number of phenols is 2. The zero-order valence-corrected chi connectivity index (χ0v) is 20.2. The van der Waals surface area contributed by atoms with Crippen molar-refractivity contribution in [2.45, 2.75) is 5.92 Å². The summed E-state index contributed by atoms with van der Waals surface area (Å²) in [6.07, 6.45) is 0. The average Bonchev–Trinajstić information content (AvgIpc) is 3.50. The van der Waals surface area contributed by atoms with E-state index in [1.54, 1.807) is 18.1 Å². The monoisotopic (exact) mass is 498 g/mol. The number of aromatic hydroxyl groups is 2. The van der Waals surface area contributed by atoms with Gasteiger partial charge < -0.3 is 24.8 Å². The number of alkyl halides is 1. The fourth-order valence-electron chi connectivity index (χ4n) is 5.19. The first kappa shape index (κ1) is 22.3. The van der Waals surface area contributed by atoms with Crippen LogP contribution in [0.2, 0.25) is 0 Å². The normalized spacial score (nSPS) is 14.9. The number of hydrogen-bond donors (Lipinski definition) is 3. The minimum Gasteiger partial charge on any atom is -0.504 e. The Balaban J connectivity index is 1.52. The predicted octanol–water partition coefficient (Wildman–Crippen LogP) is 6.39. The third-order valence-electron chi connectivity index (χ3n) is 6.94. The number of ether oxygens (including phenoxy) is 1. The Bertz CT molecular complexity index is 1660. The smallest absolute Gasteiger partial charge is 0.274 e. The number of halogens is 1. The minimum absolute atomic E-state index is 0.0257. The molecule has 6 nitrogen and oxygen atoms in total. The van der Waals surface area contributed by atoms with Crippen molar-refractivity contribution < 1.29 is 19.7 Å². The lowest BCUT2D eigenvalue weighted by atomic mass is 9.90. The number of methoxy groups -OCH3 is 1. The summed E-state index contributed by atoms with van der Waals surface area (Å²) < 4.78 is 5.32. The largest absolute Gasteiger partial charge is 0.504 e. The number of amides is 1. The Morgan fingerprint density at radius 2 is 1.83 bits per heavy atom. The van der Waals surface area contributed by atoms with E-state index >= 15 is 0 Å². The summed E-state index contributed by atoms with van der Waals surface area (Å²) in [6, 6.07) is 22.2. The Hall–Kier alpha value is -4.16. The molecule has 1 unspecified atom stereocenters. The van der Waals surface area contributed by atoms with E-state index in [9.17, 15) is 15.0 Å². The molecule has 0 fully saturated rings. The van der Waals surface area contributed by atoms with E-state index in [0.29, 0.717) is 18.1 Å². The number of nitrogens with zero attached hydrogens (tertiary/aromatic N) is 1. The number of fused-ring (bicyclic) bond motifs is 4. The summed E-state index contributed by atoms with van der Waals surface area (Å²) in [6.45, 7) is 0.463. The van der Waals surface area contributed by atoms with Gasteiger partial charge in [-0.1, -0.05) is 30.3 Å². The van der Waals surface area contributed by atoms with Crippen LogP contribution in [-0.2, 0) is 0 Å². The first-order valence-corrected chi connectivity index (χ1v) is 12.1. The standard InChI is InChI=1S/C29H23ClN2O4/c1-36-19-7-8-23-17(10-19)11-24(31-23)29(35)32-15-18(14-30)28-21-5-3-2-4-20(21)22(13-25(28)32)16-6-9-26(33)27(34)12-16/h2-13,18,31,33-34H,14-15H2,1H3. The van der Waals surface area contributed by atoms with Crippen molar-refractivity contribution in [2.75, 3.05) is 24.4 Å². The minimum atomic E-state index is -0.197. The number of hydrogen-bond acceptors (Lipinski definition) is 4. The number of benzene rings is 4. The van der Waals surface area contributed by atoms with Crippen molar-refractivity contribution in [2.24, 2.45) is 0 Å². The second-order valence-corrected chi connectivity index (χ2v) is 9.32. The number of anilines is 1. The number of phenolic OH excluding ortho intramolecular Hbond substituents is 2. The van der Waals surface area contributed by atoms with E-state index in [1.165, 1.54) is 12.1 Å².